The average Bonchev–Trinajstić information content (AvgIpc) is 3.56. The SMILES string of the molecule is O=C(OCC(=O)c1ccc2c(c1)-c1ccccc1C2)/C(=C/c1cccs1)c1cccs1. The molecule has 0 radical (unpaired) electrons. The highest BCUT2D eigenvalue weighted by Gasteiger charge is 2.21. The van der Waals surface area contributed by atoms with E-state index in [0.717, 1.165) is 21.7 Å². The molecule has 0 spiro atoms. The quantitative estimate of drug-likeness (QED) is 0.175. The number of esters is 1. The van der Waals surface area contributed by atoms with Crippen molar-refractivity contribution in [3.8, 4) is 11.1 Å². The summed E-state index contributed by atoms with van der Waals surface area (Å²) in [6.07, 6.45) is 2.70. The molecule has 2 aromatic carbocycles. The second-order valence-corrected chi connectivity index (χ2v) is 9.18. The summed E-state index contributed by atoms with van der Waals surface area (Å²) in [6.45, 7) is -0.285. The van der Waals surface area contributed by atoms with Gasteiger partial charge in [0, 0.05) is 15.3 Å². The number of carbonyl (C=O) groups is 2. The van der Waals surface area contributed by atoms with E-state index in [1.165, 1.54) is 28.0 Å². The van der Waals surface area contributed by atoms with Crippen molar-refractivity contribution >= 4 is 46.1 Å². The number of ketones is 1. The molecule has 0 aliphatic heterocycles. The Hall–Kier alpha value is -3.28. The number of carbonyl (C=O) groups excluding carboxylic acids is 2. The normalized spacial score (nSPS) is 12.3. The van der Waals surface area contributed by atoms with Gasteiger partial charge in [-0.25, -0.2) is 4.79 Å². The van der Waals surface area contributed by atoms with E-state index < -0.39 is 5.97 Å². The lowest BCUT2D eigenvalue weighted by Gasteiger charge is -2.08. The van der Waals surface area contributed by atoms with Crippen LogP contribution in [0.1, 0.15) is 31.2 Å². The second-order valence-electron chi connectivity index (χ2n) is 7.26. The molecule has 31 heavy (non-hydrogen) atoms. The largest absolute Gasteiger partial charge is 0.454 e. The molecule has 2 heterocycles. The Kier molecular flexibility index (Phi) is 5.37. The summed E-state index contributed by atoms with van der Waals surface area (Å²) in [6, 6.07) is 21.6. The average molecular weight is 443 g/mol. The van der Waals surface area contributed by atoms with Gasteiger partial charge < -0.3 is 4.74 Å². The lowest BCUT2D eigenvalue weighted by molar-refractivity contribution is -0.135. The number of fused-ring (bicyclic) bond motifs is 3. The molecule has 4 aromatic rings. The van der Waals surface area contributed by atoms with E-state index in [2.05, 4.69) is 12.1 Å². The van der Waals surface area contributed by atoms with Crippen molar-refractivity contribution in [3.05, 3.63) is 104 Å². The topological polar surface area (TPSA) is 43.4 Å². The summed E-state index contributed by atoms with van der Waals surface area (Å²) in [7, 11) is 0. The zero-order chi connectivity index (χ0) is 21.2. The zero-order valence-corrected chi connectivity index (χ0v) is 18.2. The summed E-state index contributed by atoms with van der Waals surface area (Å²) in [5, 5.41) is 3.87. The summed E-state index contributed by atoms with van der Waals surface area (Å²) < 4.78 is 5.44. The van der Waals surface area contributed by atoms with Crippen LogP contribution in [-0.2, 0) is 16.0 Å². The molecular weight excluding hydrogens is 424 g/mol. The first kappa shape index (κ1) is 19.7. The van der Waals surface area contributed by atoms with Crippen LogP contribution in [0.25, 0.3) is 22.8 Å². The number of hydrogen-bond acceptors (Lipinski definition) is 5. The standard InChI is InChI=1S/C26H18O3S2/c27-24(19-10-9-18-13-17-5-1-2-7-21(17)22(18)14-19)16-29-26(28)23(25-8-4-12-31-25)15-20-6-3-11-30-20/h1-12,14-15H,13,16H2/b23-15+. The molecule has 3 nitrogen and oxygen atoms in total. The van der Waals surface area contributed by atoms with Crippen LogP contribution in [-0.4, -0.2) is 18.4 Å². The molecule has 0 bridgehead atoms. The summed E-state index contributed by atoms with van der Waals surface area (Å²) in [4.78, 5) is 27.4. The second kappa shape index (κ2) is 8.46. The molecule has 5 heteroatoms. The van der Waals surface area contributed by atoms with Gasteiger partial charge in [0.2, 0.25) is 0 Å². The Balaban J connectivity index is 1.33. The highest BCUT2D eigenvalue weighted by atomic mass is 32.1. The number of hydrogen-bond donors (Lipinski definition) is 0. The highest BCUT2D eigenvalue weighted by Crippen LogP contribution is 2.37. The maximum Gasteiger partial charge on any atom is 0.340 e. The van der Waals surface area contributed by atoms with Gasteiger partial charge >= 0.3 is 5.97 Å². The minimum atomic E-state index is -0.490. The third-order valence-corrected chi connectivity index (χ3v) is 7.01. The first-order valence-electron chi connectivity index (χ1n) is 9.89. The third kappa shape index (κ3) is 4.02. The Morgan fingerprint density at radius 3 is 2.48 bits per heavy atom. The molecule has 0 atom stereocenters. The molecular formula is C26H18O3S2. The van der Waals surface area contributed by atoms with Gasteiger partial charge in [0.1, 0.15) is 0 Å². The Morgan fingerprint density at radius 1 is 0.871 bits per heavy atom. The molecule has 1 aliphatic carbocycles. The van der Waals surface area contributed by atoms with E-state index in [0.29, 0.717) is 11.1 Å². The van der Waals surface area contributed by atoms with Gasteiger partial charge in [0.25, 0.3) is 0 Å². The molecule has 0 amide bonds. The van der Waals surface area contributed by atoms with Crippen LogP contribution in [0.3, 0.4) is 0 Å². The van der Waals surface area contributed by atoms with E-state index >= 15 is 0 Å². The van der Waals surface area contributed by atoms with Gasteiger partial charge in [-0.05, 0) is 63.7 Å². The Bertz CT molecular complexity index is 1280. The maximum absolute atomic E-state index is 12.8. The number of benzene rings is 2. The van der Waals surface area contributed by atoms with E-state index in [4.69, 9.17) is 4.74 Å². The van der Waals surface area contributed by atoms with Crippen LogP contribution in [0.4, 0.5) is 0 Å². The molecule has 0 unspecified atom stereocenters. The van der Waals surface area contributed by atoms with E-state index in [1.54, 1.807) is 11.3 Å². The van der Waals surface area contributed by atoms with E-state index in [1.807, 2.05) is 71.4 Å². The lowest BCUT2D eigenvalue weighted by atomic mass is 10.0. The molecule has 0 saturated heterocycles. The van der Waals surface area contributed by atoms with Crippen molar-refractivity contribution < 1.29 is 14.3 Å². The van der Waals surface area contributed by atoms with Crippen molar-refractivity contribution in [3.63, 3.8) is 0 Å². The van der Waals surface area contributed by atoms with Gasteiger partial charge in [-0.1, -0.05) is 48.5 Å². The van der Waals surface area contributed by atoms with Gasteiger partial charge in [0.05, 0.1) is 5.57 Å². The fraction of sp³-hybridized carbons (Fsp3) is 0.0769. The van der Waals surface area contributed by atoms with Crippen molar-refractivity contribution in [1.29, 1.82) is 0 Å². The number of Topliss-reactive ketones (excluding diaryl/α,β-unsaturated/α-hetero) is 1. The highest BCUT2D eigenvalue weighted by molar-refractivity contribution is 7.12. The molecule has 5 rings (SSSR count). The molecule has 152 valence electrons. The van der Waals surface area contributed by atoms with Gasteiger partial charge in [-0.2, -0.15) is 0 Å². The minimum Gasteiger partial charge on any atom is -0.454 e. The van der Waals surface area contributed by atoms with Crippen LogP contribution < -0.4 is 0 Å². The fourth-order valence-electron chi connectivity index (χ4n) is 3.77. The van der Waals surface area contributed by atoms with Crippen LogP contribution in [0.5, 0.6) is 0 Å². The molecule has 0 N–H and O–H groups in total. The van der Waals surface area contributed by atoms with Crippen molar-refractivity contribution in [2.24, 2.45) is 0 Å². The van der Waals surface area contributed by atoms with Gasteiger partial charge in [0.15, 0.2) is 12.4 Å². The molecule has 0 fully saturated rings. The monoisotopic (exact) mass is 442 g/mol. The zero-order valence-electron chi connectivity index (χ0n) is 16.5. The van der Waals surface area contributed by atoms with Crippen LogP contribution in [0.2, 0.25) is 0 Å². The predicted octanol–water partition coefficient (Wildman–Crippen LogP) is 6.35. The van der Waals surface area contributed by atoms with Crippen molar-refractivity contribution in [2.45, 2.75) is 6.42 Å². The number of thiophene rings is 2. The molecule has 0 saturated carbocycles. The lowest BCUT2D eigenvalue weighted by Crippen LogP contribution is -2.15. The van der Waals surface area contributed by atoms with E-state index in [-0.39, 0.29) is 12.4 Å². The summed E-state index contributed by atoms with van der Waals surface area (Å²) in [5.41, 5.74) is 5.77. The summed E-state index contributed by atoms with van der Waals surface area (Å²) >= 11 is 3.02. The van der Waals surface area contributed by atoms with Gasteiger partial charge in [-0.3, -0.25) is 4.79 Å². The van der Waals surface area contributed by atoms with Crippen LogP contribution in [0, 0.1) is 0 Å². The number of rotatable bonds is 6. The first-order valence-corrected chi connectivity index (χ1v) is 11.7. The Labute approximate surface area is 188 Å². The first-order chi connectivity index (χ1) is 15.2. The van der Waals surface area contributed by atoms with Crippen molar-refractivity contribution in [2.75, 3.05) is 6.61 Å². The maximum atomic E-state index is 12.8. The van der Waals surface area contributed by atoms with Crippen LogP contribution >= 0.6 is 22.7 Å². The summed E-state index contributed by atoms with van der Waals surface area (Å²) in [5.74, 6) is -0.696. The van der Waals surface area contributed by atoms with Gasteiger partial charge in [-0.15, -0.1) is 22.7 Å². The number of ether oxygens (including phenoxy) is 1. The predicted molar refractivity (Wildman–Crippen MR) is 126 cm³/mol. The fourth-order valence-corrected chi connectivity index (χ4v) is 5.15. The van der Waals surface area contributed by atoms with Crippen LogP contribution in [0.15, 0.2) is 77.5 Å². The van der Waals surface area contributed by atoms with E-state index in [9.17, 15) is 9.59 Å². The minimum absolute atomic E-state index is 0.206. The van der Waals surface area contributed by atoms with Crippen molar-refractivity contribution in [1.82, 2.24) is 0 Å². The molecule has 1 aliphatic rings. The third-order valence-electron chi connectivity index (χ3n) is 5.29. The Morgan fingerprint density at radius 2 is 1.68 bits per heavy atom. The molecule has 2 aromatic heterocycles. The smallest absolute Gasteiger partial charge is 0.340 e.